The average molecular weight is 436 g/mol. The van der Waals surface area contributed by atoms with Crippen molar-refractivity contribution in [2.45, 2.75) is 52.2 Å². The maximum Gasteiger partial charge on any atom is 0.233 e. The fraction of sp³-hybridized carbons (Fsp3) is 0.632. The highest BCUT2D eigenvalue weighted by Gasteiger charge is 2.44. The molecule has 1 aliphatic heterocycles. The Kier molecular flexibility index (Phi) is 6.84. The second-order valence-electron chi connectivity index (χ2n) is 8.01. The van der Waals surface area contributed by atoms with Gasteiger partial charge in [0.2, 0.25) is 17.8 Å². The van der Waals surface area contributed by atoms with Gasteiger partial charge in [-0.05, 0) is 0 Å². The Labute approximate surface area is 179 Å². The normalized spacial score (nSPS) is 23.6. The number of rotatable bonds is 7. The van der Waals surface area contributed by atoms with Crippen molar-refractivity contribution in [2.24, 2.45) is 11.8 Å². The number of methoxy groups -OCH3 is 1. The number of fused-ring (bicyclic) bond motifs is 1. The molecule has 0 spiro atoms. The number of aromatic nitrogens is 4. The third-order valence-electron chi connectivity index (χ3n) is 4.89. The first-order chi connectivity index (χ1) is 14.6. The summed E-state index contributed by atoms with van der Waals surface area (Å²) in [6.07, 6.45) is -2.82. The van der Waals surface area contributed by atoms with E-state index in [-0.39, 0.29) is 53.2 Å². The molecule has 2 aromatic heterocycles. The minimum Gasteiger partial charge on any atom is -0.387 e. The zero-order valence-corrected chi connectivity index (χ0v) is 18.1. The van der Waals surface area contributed by atoms with Crippen LogP contribution in [0.5, 0.6) is 0 Å². The molecule has 3 heterocycles. The van der Waals surface area contributed by atoms with E-state index >= 15 is 0 Å². The molecule has 1 fully saturated rings. The van der Waals surface area contributed by atoms with Crippen molar-refractivity contribution in [1.29, 1.82) is 0 Å². The van der Waals surface area contributed by atoms with Gasteiger partial charge in [-0.3, -0.25) is 19.5 Å². The summed E-state index contributed by atoms with van der Waals surface area (Å²) in [6.45, 7) is 6.99. The summed E-state index contributed by atoms with van der Waals surface area (Å²) < 4.78 is 12.2. The SMILES string of the molecule is COC[C@H]1O[C@@H](n2cnc3c(NC(=O)C(C)C)nc(NC(=O)C(C)C)nc32)[C@H](O)[C@@H]1O. The first-order valence-electron chi connectivity index (χ1n) is 10.0. The van der Waals surface area contributed by atoms with Crippen LogP contribution in [0.15, 0.2) is 6.33 Å². The van der Waals surface area contributed by atoms with Gasteiger partial charge in [0.25, 0.3) is 0 Å². The van der Waals surface area contributed by atoms with Crippen LogP contribution in [-0.4, -0.2) is 73.6 Å². The van der Waals surface area contributed by atoms with Crippen LogP contribution >= 0.6 is 0 Å². The number of carbonyl (C=O) groups excluding carboxylic acids is 2. The van der Waals surface area contributed by atoms with Gasteiger partial charge in [-0.1, -0.05) is 27.7 Å². The number of nitrogens with zero attached hydrogens (tertiary/aromatic N) is 4. The molecule has 0 radical (unpaired) electrons. The Morgan fingerprint density at radius 3 is 2.39 bits per heavy atom. The molecule has 12 heteroatoms. The zero-order chi connectivity index (χ0) is 22.9. The van der Waals surface area contributed by atoms with Crippen LogP contribution in [0.4, 0.5) is 11.8 Å². The number of aliphatic hydroxyl groups is 2. The van der Waals surface area contributed by atoms with Crippen LogP contribution in [0.25, 0.3) is 11.2 Å². The predicted octanol–water partition coefficient (Wildman–Crippen LogP) is 0.281. The molecule has 31 heavy (non-hydrogen) atoms. The van der Waals surface area contributed by atoms with E-state index in [1.165, 1.54) is 18.0 Å². The lowest BCUT2D eigenvalue weighted by atomic mass is 10.1. The van der Waals surface area contributed by atoms with Crippen molar-refractivity contribution in [3.05, 3.63) is 6.33 Å². The van der Waals surface area contributed by atoms with Gasteiger partial charge in [-0.25, -0.2) is 4.98 Å². The molecule has 4 N–H and O–H groups in total. The lowest BCUT2D eigenvalue weighted by Gasteiger charge is -2.17. The smallest absolute Gasteiger partial charge is 0.233 e. The topological polar surface area (TPSA) is 161 Å². The van der Waals surface area contributed by atoms with Gasteiger partial charge in [-0.15, -0.1) is 0 Å². The van der Waals surface area contributed by atoms with E-state index in [4.69, 9.17) is 9.47 Å². The van der Waals surface area contributed by atoms with Crippen LogP contribution in [0.1, 0.15) is 33.9 Å². The van der Waals surface area contributed by atoms with Crippen LogP contribution in [0.3, 0.4) is 0 Å². The predicted molar refractivity (Wildman–Crippen MR) is 110 cm³/mol. The lowest BCUT2D eigenvalue weighted by molar-refractivity contribution is -0.119. The molecule has 2 amide bonds. The number of imidazole rings is 1. The minimum absolute atomic E-state index is 0.0338. The van der Waals surface area contributed by atoms with Crippen LogP contribution in [0, 0.1) is 11.8 Å². The molecule has 1 aliphatic rings. The Hall–Kier alpha value is -2.67. The van der Waals surface area contributed by atoms with E-state index in [1.54, 1.807) is 27.7 Å². The van der Waals surface area contributed by atoms with Crippen molar-refractivity contribution >= 4 is 34.7 Å². The van der Waals surface area contributed by atoms with E-state index in [0.717, 1.165) is 0 Å². The number of amides is 2. The van der Waals surface area contributed by atoms with Gasteiger partial charge >= 0.3 is 0 Å². The summed E-state index contributed by atoms with van der Waals surface area (Å²) in [7, 11) is 1.46. The van der Waals surface area contributed by atoms with Crippen LogP contribution < -0.4 is 10.6 Å². The van der Waals surface area contributed by atoms with Gasteiger partial charge in [0.05, 0.1) is 12.9 Å². The molecule has 4 atom stereocenters. The molecule has 170 valence electrons. The summed E-state index contributed by atoms with van der Waals surface area (Å²) in [5.74, 6) is -1.15. The number of nitrogens with one attached hydrogen (secondary N) is 2. The molecule has 1 saturated heterocycles. The summed E-state index contributed by atoms with van der Waals surface area (Å²) in [6, 6.07) is 0. The molecule has 3 rings (SSSR count). The summed E-state index contributed by atoms with van der Waals surface area (Å²) >= 11 is 0. The molecular formula is C19H28N6O6. The number of anilines is 2. The lowest BCUT2D eigenvalue weighted by Crippen LogP contribution is -2.33. The first-order valence-corrected chi connectivity index (χ1v) is 10.0. The average Bonchev–Trinajstić information content (AvgIpc) is 3.24. The molecule has 12 nitrogen and oxygen atoms in total. The van der Waals surface area contributed by atoms with Crippen molar-refractivity contribution < 1.29 is 29.3 Å². The van der Waals surface area contributed by atoms with E-state index < -0.39 is 24.5 Å². The number of ether oxygens (including phenoxy) is 2. The Bertz CT molecular complexity index is 961. The highest BCUT2D eigenvalue weighted by molar-refractivity contribution is 5.99. The van der Waals surface area contributed by atoms with E-state index in [9.17, 15) is 19.8 Å². The second-order valence-corrected chi connectivity index (χ2v) is 8.01. The van der Waals surface area contributed by atoms with Crippen LogP contribution in [0.2, 0.25) is 0 Å². The fourth-order valence-corrected chi connectivity index (χ4v) is 3.02. The monoisotopic (exact) mass is 436 g/mol. The number of carbonyl (C=O) groups is 2. The number of hydrogen-bond donors (Lipinski definition) is 4. The van der Waals surface area contributed by atoms with Crippen LogP contribution in [-0.2, 0) is 19.1 Å². The van der Waals surface area contributed by atoms with Gasteiger partial charge in [0, 0.05) is 18.9 Å². The van der Waals surface area contributed by atoms with E-state index in [1.807, 2.05) is 0 Å². The maximum absolute atomic E-state index is 12.3. The third kappa shape index (κ3) is 4.66. The van der Waals surface area contributed by atoms with Crippen molar-refractivity contribution in [3.63, 3.8) is 0 Å². The Balaban J connectivity index is 2.05. The second kappa shape index (κ2) is 9.22. The van der Waals surface area contributed by atoms with Gasteiger partial charge in [-0.2, -0.15) is 9.97 Å². The molecule has 0 aliphatic carbocycles. The molecule has 0 saturated carbocycles. The Morgan fingerprint density at radius 1 is 1.13 bits per heavy atom. The van der Waals surface area contributed by atoms with E-state index in [2.05, 4.69) is 25.6 Å². The van der Waals surface area contributed by atoms with Gasteiger partial charge < -0.3 is 25.0 Å². The highest BCUT2D eigenvalue weighted by Crippen LogP contribution is 2.33. The maximum atomic E-state index is 12.3. The summed E-state index contributed by atoms with van der Waals surface area (Å²) in [4.78, 5) is 37.3. The zero-order valence-electron chi connectivity index (χ0n) is 18.1. The third-order valence-corrected chi connectivity index (χ3v) is 4.89. The fourth-order valence-electron chi connectivity index (χ4n) is 3.02. The molecule has 0 bridgehead atoms. The van der Waals surface area contributed by atoms with E-state index in [0.29, 0.717) is 0 Å². The molecule has 2 aromatic rings. The Morgan fingerprint density at radius 2 is 1.77 bits per heavy atom. The number of hydrogen-bond acceptors (Lipinski definition) is 9. The van der Waals surface area contributed by atoms with Gasteiger partial charge in [0.1, 0.15) is 18.3 Å². The van der Waals surface area contributed by atoms with Crippen molar-refractivity contribution in [1.82, 2.24) is 19.5 Å². The highest BCUT2D eigenvalue weighted by atomic mass is 16.6. The standard InChI is InChI=1S/C19H28N6O6/c1-8(2)16(28)21-14-11-15(23-19(22-14)24-17(29)9(3)4)25(7-20-11)18-13(27)12(26)10(31-18)6-30-5/h7-10,12-13,18,26-27H,6H2,1-5H3,(H2,21,22,23,24,28,29)/t10-,12-,13-,18-/m1/s1. The molecule has 0 aromatic carbocycles. The summed E-state index contributed by atoms with van der Waals surface area (Å²) in [5, 5.41) is 26.1. The quantitative estimate of drug-likeness (QED) is 0.478. The molecule has 0 unspecified atom stereocenters. The van der Waals surface area contributed by atoms with Crippen molar-refractivity contribution in [3.8, 4) is 0 Å². The number of aliphatic hydroxyl groups excluding tert-OH is 2. The molecular weight excluding hydrogens is 408 g/mol. The minimum atomic E-state index is -1.27. The van der Waals surface area contributed by atoms with Gasteiger partial charge in [0.15, 0.2) is 23.2 Å². The summed E-state index contributed by atoms with van der Waals surface area (Å²) in [5.41, 5.74) is 0.458. The largest absolute Gasteiger partial charge is 0.387 e. The van der Waals surface area contributed by atoms with Crippen molar-refractivity contribution in [2.75, 3.05) is 24.4 Å². The first kappa shape index (κ1) is 23.0.